The lowest BCUT2D eigenvalue weighted by molar-refractivity contribution is -0.141. The zero-order valence-corrected chi connectivity index (χ0v) is 13.7. The van der Waals surface area contributed by atoms with E-state index in [2.05, 4.69) is 11.7 Å². The Morgan fingerprint density at radius 2 is 1.77 bits per heavy atom. The molecule has 4 heteroatoms. The molecule has 0 aromatic heterocycles. The summed E-state index contributed by atoms with van der Waals surface area (Å²) < 4.78 is 4.66. The lowest BCUT2D eigenvalue weighted by Gasteiger charge is -2.22. The summed E-state index contributed by atoms with van der Waals surface area (Å²) in [5, 5.41) is 0. The van der Waals surface area contributed by atoms with Crippen molar-refractivity contribution in [3.8, 4) is 0 Å². The average molecular weight is 305 g/mol. The van der Waals surface area contributed by atoms with Crippen LogP contribution in [0.3, 0.4) is 0 Å². The van der Waals surface area contributed by atoms with Crippen LogP contribution in [-0.4, -0.2) is 37.0 Å². The first-order chi connectivity index (χ1) is 10.7. The Morgan fingerprint density at radius 3 is 2.41 bits per heavy atom. The molecule has 22 heavy (non-hydrogen) atoms. The third kappa shape index (κ3) is 7.25. The van der Waals surface area contributed by atoms with Gasteiger partial charge in [-0.15, -0.1) is 0 Å². The van der Waals surface area contributed by atoms with E-state index in [-0.39, 0.29) is 18.3 Å². The van der Waals surface area contributed by atoms with Crippen LogP contribution < -0.4 is 0 Å². The van der Waals surface area contributed by atoms with Gasteiger partial charge in [0.05, 0.1) is 13.5 Å². The molecule has 0 spiro atoms. The second-order valence-electron chi connectivity index (χ2n) is 5.40. The SMILES string of the molecule is CCCCCN(CCC(=O)OC)C(=O)CCc1ccccc1. The normalized spacial score (nSPS) is 10.3. The molecule has 1 amide bonds. The van der Waals surface area contributed by atoms with Crippen molar-refractivity contribution in [2.24, 2.45) is 0 Å². The summed E-state index contributed by atoms with van der Waals surface area (Å²) >= 11 is 0. The van der Waals surface area contributed by atoms with E-state index >= 15 is 0 Å². The van der Waals surface area contributed by atoms with Gasteiger partial charge < -0.3 is 9.64 Å². The molecule has 0 saturated carbocycles. The van der Waals surface area contributed by atoms with Gasteiger partial charge in [0.2, 0.25) is 5.91 Å². The van der Waals surface area contributed by atoms with Crippen molar-refractivity contribution in [2.75, 3.05) is 20.2 Å². The Bertz CT molecular complexity index is 445. The highest BCUT2D eigenvalue weighted by molar-refractivity contribution is 5.77. The number of nitrogens with zero attached hydrogens (tertiary/aromatic N) is 1. The highest BCUT2D eigenvalue weighted by Crippen LogP contribution is 2.07. The molecule has 0 saturated heterocycles. The Balaban J connectivity index is 2.48. The third-order valence-electron chi connectivity index (χ3n) is 3.67. The molecular formula is C18H27NO3. The highest BCUT2D eigenvalue weighted by Gasteiger charge is 2.14. The quantitative estimate of drug-likeness (QED) is 0.492. The van der Waals surface area contributed by atoms with E-state index < -0.39 is 0 Å². The summed E-state index contributed by atoms with van der Waals surface area (Å²) in [5.74, 6) is -0.153. The molecule has 4 nitrogen and oxygen atoms in total. The first-order valence-electron chi connectivity index (χ1n) is 8.06. The van der Waals surface area contributed by atoms with Crippen LogP contribution in [0.25, 0.3) is 0 Å². The van der Waals surface area contributed by atoms with Gasteiger partial charge in [-0.05, 0) is 18.4 Å². The molecule has 1 rings (SSSR count). The number of methoxy groups -OCH3 is 1. The van der Waals surface area contributed by atoms with Crippen LogP contribution in [0.5, 0.6) is 0 Å². The number of hydrogen-bond donors (Lipinski definition) is 0. The molecule has 0 N–H and O–H groups in total. The van der Waals surface area contributed by atoms with Gasteiger partial charge in [0.1, 0.15) is 0 Å². The molecule has 0 fully saturated rings. The second kappa shape index (κ2) is 10.8. The zero-order chi connectivity index (χ0) is 16.2. The molecule has 122 valence electrons. The summed E-state index contributed by atoms with van der Waals surface area (Å²) in [6.45, 7) is 3.30. The summed E-state index contributed by atoms with van der Waals surface area (Å²) in [6.07, 6.45) is 4.68. The molecular weight excluding hydrogens is 278 g/mol. The first-order valence-corrected chi connectivity index (χ1v) is 8.06. The van der Waals surface area contributed by atoms with Crippen molar-refractivity contribution in [3.63, 3.8) is 0 Å². The van der Waals surface area contributed by atoms with E-state index in [0.29, 0.717) is 13.0 Å². The van der Waals surface area contributed by atoms with Gasteiger partial charge in [0.15, 0.2) is 0 Å². The fourth-order valence-corrected chi connectivity index (χ4v) is 2.30. The minimum atomic E-state index is -0.267. The number of esters is 1. The molecule has 1 aromatic carbocycles. The number of carbonyl (C=O) groups excluding carboxylic acids is 2. The number of amides is 1. The lowest BCUT2D eigenvalue weighted by Crippen LogP contribution is -2.34. The summed E-state index contributed by atoms with van der Waals surface area (Å²) in [5.41, 5.74) is 1.16. The smallest absolute Gasteiger partial charge is 0.307 e. The molecule has 1 aromatic rings. The van der Waals surface area contributed by atoms with Crippen LogP contribution in [0.15, 0.2) is 30.3 Å². The highest BCUT2D eigenvalue weighted by atomic mass is 16.5. The number of ether oxygens (including phenoxy) is 1. The van der Waals surface area contributed by atoms with Gasteiger partial charge in [-0.1, -0.05) is 50.1 Å². The molecule has 0 bridgehead atoms. The van der Waals surface area contributed by atoms with Gasteiger partial charge in [-0.25, -0.2) is 0 Å². The van der Waals surface area contributed by atoms with Crippen molar-refractivity contribution < 1.29 is 14.3 Å². The average Bonchev–Trinajstić information content (AvgIpc) is 2.56. The summed E-state index contributed by atoms with van der Waals surface area (Å²) in [7, 11) is 1.38. The predicted molar refractivity (Wildman–Crippen MR) is 87.5 cm³/mol. The van der Waals surface area contributed by atoms with Crippen molar-refractivity contribution in [3.05, 3.63) is 35.9 Å². The molecule has 0 unspecified atom stereocenters. The van der Waals surface area contributed by atoms with E-state index in [1.807, 2.05) is 30.3 Å². The van der Waals surface area contributed by atoms with Crippen molar-refractivity contribution in [2.45, 2.75) is 45.4 Å². The standard InChI is InChI=1S/C18H27NO3/c1-3-4-8-14-19(15-13-18(21)22-2)17(20)12-11-16-9-6-5-7-10-16/h5-7,9-10H,3-4,8,11-15H2,1-2H3. The Morgan fingerprint density at radius 1 is 1.05 bits per heavy atom. The van der Waals surface area contributed by atoms with Gasteiger partial charge in [-0.3, -0.25) is 9.59 Å². The van der Waals surface area contributed by atoms with Crippen LogP contribution >= 0.6 is 0 Å². The van der Waals surface area contributed by atoms with Crippen LogP contribution in [-0.2, 0) is 20.7 Å². The summed E-state index contributed by atoms with van der Waals surface area (Å²) in [6, 6.07) is 10.00. The van der Waals surface area contributed by atoms with E-state index in [0.717, 1.165) is 37.8 Å². The predicted octanol–water partition coefficient (Wildman–Crippen LogP) is 3.20. The topological polar surface area (TPSA) is 46.6 Å². The number of aryl methyl sites for hydroxylation is 1. The fourth-order valence-electron chi connectivity index (χ4n) is 2.30. The van der Waals surface area contributed by atoms with Crippen molar-refractivity contribution >= 4 is 11.9 Å². The number of rotatable bonds is 10. The first kappa shape index (κ1) is 18.2. The van der Waals surface area contributed by atoms with Crippen LogP contribution in [0.2, 0.25) is 0 Å². The van der Waals surface area contributed by atoms with E-state index in [9.17, 15) is 9.59 Å². The van der Waals surface area contributed by atoms with Crippen LogP contribution in [0, 0.1) is 0 Å². The summed E-state index contributed by atoms with van der Waals surface area (Å²) in [4.78, 5) is 25.5. The van der Waals surface area contributed by atoms with Crippen LogP contribution in [0.1, 0.15) is 44.6 Å². The molecule has 0 heterocycles. The van der Waals surface area contributed by atoms with E-state index in [1.54, 1.807) is 4.90 Å². The number of hydrogen-bond acceptors (Lipinski definition) is 3. The maximum atomic E-state index is 12.4. The van der Waals surface area contributed by atoms with Gasteiger partial charge in [-0.2, -0.15) is 0 Å². The van der Waals surface area contributed by atoms with Crippen molar-refractivity contribution in [1.29, 1.82) is 0 Å². The molecule has 0 aliphatic heterocycles. The Labute approximate surface area is 133 Å². The van der Waals surface area contributed by atoms with E-state index in [1.165, 1.54) is 7.11 Å². The number of unbranched alkanes of at least 4 members (excludes halogenated alkanes) is 2. The molecule has 0 radical (unpaired) electrons. The third-order valence-corrected chi connectivity index (χ3v) is 3.67. The molecule has 0 aliphatic rings. The van der Waals surface area contributed by atoms with Crippen molar-refractivity contribution in [1.82, 2.24) is 4.90 Å². The monoisotopic (exact) mass is 305 g/mol. The van der Waals surface area contributed by atoms with Gasteiger partial charge in [0, 0.05) is 19.5 Å². The fraction of sp³-hybridized carbons (Fsp3) is 0.556. The molecule has 0 aliphatic carbocycles. The van der Waals surface area contributed by atoms with E-state index in [4.69, 9.17) is 0 Å². The zero-order valence-electron chi connectivity index (χ0n) is 13.7. The minimum absolute atomic E-state index is 0.115. The number of benzene rings is 1. The lowest BCUT2D eigenvalue weighted by atomic mass is 10.1. The largest absolute Gasteiger partial charge is 0.469 e. The number of carbonyl (C=O) groups is 2. The Kier molecular flexibility index (Phi) is 8.96. The molecule has 0 atom stereocenters. The second-order valence-corrected chi connectivity index (χ2v) is 5.40. The maximum absolute atomic E-state index is 12.4. The van der Waals surface area contributed by atoms with Crippen LogP contribution in [0.4, 0.5) is 0 Å². The maximum Gasteiger partial charge on any atom is 0.307 e. The Hall–Kier alpha value is -1.84. The van der Waals surface area contributed by atoms with Gasteiger partial charge >= 0.3 is 5.97 Å². The minimum Gasteiger partial charge on any atom is -0.469 e. The van der Waals surface area contributed by atoms with Gasteiger partial charge in [0.25, 0.3) is 0 Å².